The molecule has 1 N–H and O–H groups in total. The minimum Gasteiger partial charge on any atom is -0.496 e. The molecule has 0 unspecified atom stereocenters. The third-order valence-electron chi connectivity index (χ3n) is 2.93. The maximum atomic E-state index is 13.6. The molecule has 0 fully saturated rings. The van der Waals surface area contributed by atoms with Crippen LogP contribution in [0.2, 0.25) is 0 Å². The van der Waals surface area contributed by atoms with E-state index in [4.69, 9.17) is 9.84 Å². The van der Waals surface area contributed by atoms with Crippen LogP contribution in [0.3, 0.4) is 0 Å². The average Bonchev–Trinajstić information content (AvgIpc) is 2.41. The minimum absolute atomic E-state index is 0.136. The number of carboxylic acid groups (broad SMARTS) is 1. The summed E-state index contributed by atoms with van der Waals surface area (Å²) in [6, 6.07) is 9.26. The van der Waals surface area contributed by atoms with E-state index in [0.717, 1.165) is 0 Å². The van der Waals surface area contributed by atoms with Crippen molar-refractivity contribution in [3.05, 3.63) is 53.3 Å². The lowest BCUT2D eigenvalue weighted by Crippen LogP contribution is -1.98. The molecule has 0 saturated heterocycles. The predicted octanol–water partition coefficient (Wildman–Crippen LogP) is 3.51. The van der Waals surface area contributed by atoms with Gasteiger partial charge in [-0.15, -0.1) is 0 Å². The number of carbonyl (C=O) groups is 1. The Bertz CT molecular complexity index is 635. The van der Waals surface area contributed by atoms with Gasteiger partial charge in [0.1, 0.15) is 11.6 Å². The Balaban J connectivity index is 2.61. The minimum atomic E-state index is -1.03. The molecule has 0 spiro atoms. The molecule has 2 aromatic carbocycles. The summed E-state index contributed by atoms with van der Waals surface area (Å²) in [6.07, 6.45) is 0. The highest BCUT2D eigenvalue weighted by atomic mass is 19.1. The zero-order valence-electron chi connectivity index (χ0n) is 10.6. The van der Waals surface area contributed by atoms with Crippen LogP contribution in [0, 0.1) is 12.7 Å². The zero-order valence-corrected chi connectivity index (χ0v) is 10.6. The Labute approximate surface area is 110 Å². The van der Waals surface area contributed by atoms with Gasteiger partial charge in [0.25, 0.3) is 0 Å². The van der Waals surface area contributed by atoms with Crippen LogP contribution in [-0.4, -0.2) is 18.2 Å². The summed E-state index contributed by atoms with van der Waals surface area (Å²) in [4.78, 5) is 11.0. The number of rotatable bonds is 3. The molecule has 0 bridgehead atoms. The average molecular weight is 260 g/mol. The van der Waals surface area contributed by atoms with Crippen molar-refractivity contribution in [1.29, 1.82) is 0 Å². The molecule has 0 heterocycles. The Morgan fingerprint density at radius 2 is 1.95 bits per heavy atom. The Hall–Kier alpha value is -2.36. The molecule has 4 heteroatoms. The second-order valence-corrected chi connectivity index (χ2v) is 4.18. The second kappa shape index (κ2) is 5.10. The smallest absolute Gasteiger partial charge is 0.335 e. The van der Waals surface area contributed by atoms with Gasteiger partial charge in [0.2, 0.25) is 0 Å². The number of carboxylic acids is 1. The molecule has 0 aliphatic rings. The molecular weight excluding hydrogens is 247 g/mol. The van der Waals surface area contributed by atoms with Gasteiger partial charge in [-0.05, 0) is 42.3 Å². The van der Waals surface area contributed by atoms with Crippen molar-refractivity contribution in [3.63, 3.8) is 0 Å². The van der Waals surface area contributed by atoms with E-state index in [1.54, 1.807) is 25.1 Å². The first-order valence-corrected chi connectivity index (χ1v) is 5.71. The maximum absolute atomic E-state index is 13.6. The molecule has 0 amide bonds. The maximum Gasteiger partial charge on any atom is 0.335 e. The quantitative estimate of drug-likeness (QED) is 0.918. The van der Waals surface area contributed by atoms with E-state index < -0.39 is 5.97 Å². The monoisotopic (exact) mass is 260 g/mol. The topological polar surface area (TPSA) is 46.5 Å². The van der Waals surface area contributed by atoms with Crippen LogP contribution in [0.25, 0.3) is 11.1 Å². The van der Waals surface area contributed by atoms with Crippen molar-refractivity contribution >= 4 is 5.97 Å². The fourth-order valence-electron chi connectivity index (χ4n) is 1.83. The van der Waals surface area contributed by atoms with Crippen molar-refractivity contribution in [3.8, 4) is 16.9 Å². The van der Waals surface area contributed by atoms with Gasteiger partial charge in [-0.25, -0.2) is 9.18 Å². The fraction of sp³-hybridized carbons (Fsp3) is 0.133. The van der Waals surface area contributed by atoms with E-state index in [-0.39, 0.29) is 11.4 Å². The third kappa shape index (κ3) is 2.57. The fourth-order valence-corrected chi connectivity index (χ4v) is 1.83. The largest absolute Gasteiger partial charge is 0.496 e. The highest BCUT2D eigenvalue weighted by Crippen LogP contribution is 2.31. The number of hydrogen-bond acceptors (Lipinski definition) is 2. The second-order valence-electron chi connectivity index (χ2n) is 4.18. The van der Waals surface area contributed by atoms with E-state index in [2.05, 4.69) is 0 Å². The number of methoxy groups -OCH3 is 1. The standard InChI is InChI=1S/C15H13FO3/c1-9-3-4-10(8-13(9)16)12-7-11(15(17)18)5-6-14(12)19-2/h3-8H,1-2H3,(H,17,18). The van der Waals surface area contributed by atoms with E-state index in [9.17, 15) is 9.18 Å². The van der Waals surface area contributed by atoms with Crippen LogP contribution < -0.4 is 4.74 Å². The van der Waals surface area contributed by atoms with E-state index >= 15 is 0 Å². The van der Waals surface area contributed by atoms with Gasteiger partial charge in [0.05, 0.1) is 12.7 Å². The first kappa shape index (κ1) is 13.1. The molecule has 2 rings (SSSR count). The van der Waals surface area contributed by atoms with E-state index in [0.29, 0.717) is 22.4 Å². The van der Waals surface area contributed by atoms with Gasteiger partial charge in [0.15, 0.2) is 0 Å². The first-order chi connectivity index (χ1) is 9.02. The van der Waals surface area contributed by atoms with Gasteiger partial charge < -0.3 is 9.84 Å². The summed E-state index contributed by atoms with van der Waals surface area (Å²) in [5.41, 5.74) is 1.82. The number of ether oxygens (including phenoxy) is 1. The van der Waals surface area contributed by atoms with Gasteiger partial charge >= 0.3 is 5.97 Å². The predicted molar refractivity (Wildman–Crippen MR) is 70.1 cm³/mol. The Morgan fingerprint density at radius 1 is 1.21 bits per heavy atom. The molecule has 3 nitrogen and oxygen atoms in total. The van der Waals surface area contributed by atoms with Crippen molar-refractivity contribution in [2.45, 2.75) is 6.92 Å². The third-order valence-corrected chi connectivity index (χ3v) is 2.93. The molecule has 0 aromatic heterocycles. The number of benzene rings is 2. The van der Waals surface area contributed by atoms with Gasteiger partial charge in [-0.1, -0.05) is 12.1 Å². The summed E-state index contributed by atoms with van der Waals surface area (Å²) in [7, 11) is 1.49. The first-order valence-electron chi connectivity index (χ1n) is 5.71. The SMILES string of the molecule is COc1ccc(C(=O)O)cc1-c1ccc(C)c(F)c1. The van der Waals surface area contributed by atoms with Crippen molar-refractivity contribution in [1.82, 2.24) is 0 Å². The van der Waals surface area contributed by atoms with Crippen molar-refractivity contribution < 1.29 is 19.0 Å². The van der Waals surface area contributed by atoms with Crippen molar-refractivity contribution in [2.24, 2.45) is 0 Å². The number of halogens is 1. The Morgan fingerprint density at radius 3 is 2.53 bits per heavy atom. The van der Waals surface area contributed by atoms with Crippen LogP contribution in [0.1, 0.15) is 15.9 Å². The molecule has 0 saturated carbocycles. The summed E-state index contributed by atoms with van der Waals surface area (Å²) in [5.74, 6) is -0.856. The molecule has 0 aliphatic carbocycles. The van der Waals surface area contributed by atoms with Crippen LogP contribution in [0.5, 0.6) is 5.75 Å². The molecular formula is C15H13FO3. The van der Waals surface area contributed by atoms with Crippen LogP contribution in [-0.2, 0) is 0 Å². The van der Waals surface area contributed by atoms with Crippen molar-refractivity contribution in [2.75, 3.05) is 7.11 Å². The number of aryl methyl sites for hydroxylation is 1. The molecule has 19 heavy (non-hydrogen) atoms. The normalized spacial score (nSPS) is 10.3. The highest BCUT2D eigenvalue weighted by molar-refractivity contribution is 5.90. The summed E-state index contributed by atoms with van der Waals surface area (Å²) in [5, 5.41) is 9.00. The van der Waals surface area contributed by atoms with Crippen LogP contribution in [0.15, 0.2) is 36.4 Å². The number of aromatic carboxylic acids is 1. The van der Waals surface area contributed by atoms with Gasteiger partial charge in [0, 0.05) is 5.56 Å². The molecule has 0 radical (unpaired) electrons. The van der Waals surface area contributed by atoms with E-state index in [1.807, 2.05) is 0 Å². The summed E-state index contributed by atoms with van der Waals surface area (Å²) < 4.78 is 18.8. The summed E-state index contributed by atoms with van der Waals surface area (Å²) in [6.45, 7) is 1.67. The highest BCUT2D eigenvalue weighted by Gasteiger charge is 2.11. The zero-order chi connectivity index (χ0) is 14.0. The lowest BCUT2D eigenvalue weighted by molar-refractivity contribution is 0.0697. The summed E-state index contributed by atoms with van der Waals surface area (Å²) >= 11 is 0. The molecule has 2 aromatic rings. The van der Waals surface area contributed by atoms with E-state index in [1.165, 1.54) is 25.3 Å². The molecule has 0 atom stereocenters. The lowest BCUT2D eigenvalue weighted by atomic mass is 10.0. The molecule has 98 valence electrons. The van der Waals surface area contributed by atoms with Crippen LogP contribution >= 0.6 is 0 Å². The number of hydrogen-bond donors (Lipinski definition) is 1. The van der Waals surface area contributed by atoms with Gasteiger partial charge in [-0.3, -0.25) is 0 Å². The molecule has 0 aliphatic heterocycles. The van der Waals surface area contributed by atoms with Gasteiger partial charge in [-0.2, -0.15) is 0 Å². The lowest BCUT2D eigenvalue weighted by Gasteiger charge is -2.10. The Kier molecular flexibility index (Phi) is 3.51. The van der Waals surface area contributed by atoms with Crippen LogP contribution in [0.4, 0.5) is 4.39 Å².